The summed E-state index contributed by atoms with van der Waals surface area (Å²) < 4.78 is 11.4. The highest BCUT2D eigenvalue weighted by atomic mass is 79.9. The van der Waals surface area contributed by atoms with Gasteiger partial charge in [-0.25, -0.2) is 4.98 Å². The molecule has 1 aromatic heterocycles. The third-order valence-electron chi connectivity index (χ3n) is 3.14. The number of nitrogens with two attached hydrogens (primary N) is 1. The van der Waals surface area contributed by atoms with Crippen LogP contribution in [0.25, 0.3) is 0 Å². The van der Waals surface area contributed by atoms with Gasteiger partial charge in [-0.15, -0.1) is 0 Å². The molecular formula is C15H18BrN3O2. The molecule has 0 saturated carbocycles. The summed E-state index contributed by atoms with van der Waals surface area (Å²) in [7, 11) is 3.24. The van der Waals surface area contributed by atoms with Gasteiger partial charge in [0.2, 0.25) is 0 Å². The van der Waals surface area contributed by atoms with Crippen LogP contribution in [0.1, 0.15) is 18.5 Å². The van der Waals surface area contributed by atoms with E-state index in [0.717, 1.165) is 10.0 Å². The number of nitrogens with one attached hydrogen (secondary N) is 1. The number of benzene rings is 1. The summed E-state index contributed by atoms with van der Waals surface area (Å²) >= 11 is 3.34. The Morgan fingerprint density at radius 2 is 1.90 bits per heavy atom. The zero-order valence-electron chi connectivity index (χ0n) is 12.2. The summed E-state index contributed by atoms with van der Waals surface area (Å²) in [4.78, 5) is 4.28. The second kappa shape index (κ2) is 6.67. The Kier molecular flexibility index (Phi) is 4.90. The largest absolute Gasteiger partial charge is 0.493 e. The first-order valence-electron chi connectivity index (χ1n) is 6.44. The molecule has 1 unspecified atom stereocenters. The number of nitrogen functional groups attached to an aromatic ring is 1. The lowest BCUT2D eigenvalue weighted by Gasteiger charge is -2.18. The van der Waals surface area contributed by atoms with Gasteiger partial charge >= 0.3 is 0 Å². The lowest BCUT2D eigenvalue weighted by molar-refractivity contribution is 0.354. The van der Waals surface area contributed by atoms with E-state index in [4.69, 9.17) is 15.2 Å². The molecule has 1 aromatic carbocycles. The Balaban J connectivity index is 2.21. The van der Waals surface area contributed by atoms with Crippen LogP contribution >= 0.6 is 15.9 Å². The molecule has 21 heavy (non-hydrogen) atoms. The van der Waals surface area contributed by atoms with E-state index in [9.17, 15) is 0 Å². The molecule has 0 aliphatic rings. The Labute approximate surface area is 132 Å². The number of aromatic nitrogens is 1. The normalized spacial score (nSPS) is 11.8. The minimum Gasteiger partial charge on any atom is -0.493 e. The summed E-state index contributed by atoms with van der Waals surface area (Å²) in [6.45, 7) is 2.03. The van der Waals surface area contributed by atoms with Crippen molar-refractivity contribution in [2.24, 2.45) is 0 Å². The average molecular weight is 352 g/mol. The molecule has 2 aromatic rings. The Bertz CT molecular complexity index is 634. The van der Waals surface area contributed by atoms with Crippen molar-refractivity contribution in [1.29, 1.82) is 0 Å². The van der Waals surface area contributed by atoms with E-state index >= 15 is 0 Å². The van der Waals surface area contributed by atoms with Crippen LogP contribution < -0.4 is 20.5 Å². The molecule has 0 spiro atoms. The van der Waals surface area contributed by atoms with Gasteiger partial charge in [0, 0.05) is 10.7 Å². The van der Waals surface area contributed by atoms with Crippen LogP contribution in [0.4, 0.5) is 11.5 Å². The second-order valence-corrected chi connectivity index (χ2v) is 5.49. The molecule has 0 saturated heterocycles. The van der Waals surface area contributed by atoms with Crippen LogP contribution in [-0.2, 0) is 0 Å². The highest BCUT2D eigenvalue weighted by molar-refractivity contribution is 9.10. The van der Waals surface area contributed by atoms with Crippen LogP contribution in [0, 0.1) is 0 Å². The quantitative estimate of drug-likeness (QED) is 0.860. The number of rotatable bonds is 5. The minimum absolute atomic E-state index is 0.0285. The van der Waals surface area contributed by atoms with Crippen LogP contribution in [0.3, 0.4) is 0 Å². The molecular weight excluding hydrogens is 334 g/mol. The number of methoxy groups -OCH3 is 2. The topological polar surface area (TPSA) is 69.4 Å². The number of hydrogen-bond acceptors (Lipinski definition) is 5. The number of nitrogens with zero attached hydrogens (tertiary/aromatic N) is 1. The van der Waals surface area contributed by atoms with Crippen molar-refractivity contribution in [3.05, 3.63) is 40.5 Å². The van der Waals surface area contributed by atoms with Gasteiger partial charge in [-0.3, -0.25) is 0 Å². The fraction of sp³-hybridized carbons (Fsp3) is 0.267. The van der Waals surface area contributed by atoms with Gasteiger partial charge in [-0.1, -0.05) is 6.07 Å². The first-order chi connectivity index (χ1) is 10.0. The van der Waals surface area contributed by atoms with E-state index < -0.39 is 0 Å². The van der Waals surface area contributed by atoms with Gasteiger partial charge in [0.1, 0.15) is 5.82 Å². The molecule has 2 rings (SSSR count). The summed E-state index contributed by atoms with van der Waals surface area (Å²) in [5.41, 5.74) is 7.60. The SMILES string of the molecule is COc1ccc(C(C)Nc2ncc(Br)cc2N)cc1OC. The summed E-state index contributed by atoms with van der Waals surface area (Å²) in [5, 5.41) is 3.29. The molecule has 0 aliphatic heterocycles. The summed E-state index contributed by atoms with van der Waals surface area (Å²) in [6, 6.07) is 7.64. The Morgan fingerprint density at radius 3 is 2.52 bits per heavy atom. The van der Waals surface area contributed by atoms with E-state index in [1.807, 2.05) is 31.2 Å². The number of anilines is 2. The van der Waals surface area contributed by atoms with Crippen LogP contribution in [0.2, 0.25) is 0 Å². The molecule has 0 radical (unpaired) electrons. The van der Waals surface area contributed by atoms with E-state index in [2.05, 4.69) is 26.2 Å². The predicted octanol–water partition coefficient (Wildman–Crippen LogP) is 3.62. The monoisotopic (exact) mass is 351 g/mol. The molecule has 0 aliphatic carbocycles. The number of hydrogen-bond donors (Lipinski definition) is 2. The minimum atomic E-state index is 0.0285. The maximum Gasteiger partial charge on any atom is 0.161 e. The van der Waals surface area contributed by atoms with Crippen LogP contribution in [0.5, 0.6) is 11.5 Å². The van der Waals surface area contributed by atoms with E-state index in [1.165, 1.54) is 0 Å². The molecule has 112 valence electrons. The van der Waals surface area contributed by atoms with Crippen LogP contribution in [-0.4, -0.2) is 19.2 Å². The van der Waals surface area contributed by atoms with Gasteiger partial charge in [0.25, 0.3) is 0 Å². The molecule has 0 fully saturated rings. The maximum absolute atomic E-state index is 5.95. The lowest BCUT2D eigenvalue weighted by Crippen LogP contribution is -2.10. The van der Waals surface area contributed by atoms with Gasteiger partial charge in [0.05, 0.1) is 25.9 Å². The average Bonchev–Trinajstić information content (AvgIpc) is 2.49. The van der Waals surface area contributed by atoms with Crippen LogP contribution in [0.15, 0.2) is 34.9 Å². The fourth-order valence-electron chi connectivity index (χ4n) is 1.99. The van der Waals surface area contributed by atoms with Crippen molar-refractivity contribution in [2.75, 3.05) is 25.3 Å². The smallest absolute Gasteiger partial charge is 0.161 e. The van der Waals surface area contributed by atoms with Gasteiger partial charge in [-0.2, -0.15) is 0 Å². The fourth-order valence-corrected chi connectivity index (χ4v) is 2.34. The molecule has 1 atom stereocenters. The maximum atomic E-state index is 5.95. The Hall–Kier alpha value is -1.95. The van der Waals surface area contributed by atoms with E-state index in [1.54, 1.807) is 20.4 Å². The molecule has 5 nitrogen and oxygen atoms in total. The molecule has 3 N–H and O–H groups in total. The van der Waals surface area contributed by atoms with Crippen molar-refractivity contribution < 1.29 is 9.47 Å². The van der Waals surface area contributed by atoms with Crippen molar-refractivity contribution >= 4 is 27.4 Å². The van der Waals surface area contributed by atoms with Gasteiger partial charge < -0.3 is 20.5 Å². The standard InChI is InChI=1S/C15H18BrN3O2/c1-9(19-15-12(17)7-11(16)8-18-15)10-4-5-13(20-2)14(6-10)21-3/h4-9H,17H2,1-3H3,(H,18,19). The zero-order chi connectivity index (χ0) is 15.4. The molecule has 6 heteroatoms. The summed E-state index contributed by atoms with van der Waals surface area (Å²) in [6.07, 6.45) is 1.71. The zero-order valence-corrected chi connectivity index (χ0v) is 13.8. The predicted molar refractivity (Wildman–Crippen MR) is 87.9 cm³/mol. The molecule has 0 bridgehead atoms. The third-order valence-corrected chi connectivity index (χ3v) is 3.58. The second-order valence-electron chi connectivity index (χ2n) is 4.57. The van der Waals surface area contributed by atoms with E-state index in [0.29, 0.717) is 23.0 Å². The first kappa shape index (κ1) is 15.4. The molecule has 1 heterocycles. The number of pyridine rings is 1. The first-order valence-corrected chi connectivity index (χ1v) is 7.24. The number of ether oxygens (including phenoxy) is 2. The number of halogens is 1. The summed E-state index contributed by atoms with van der Waals surface area (Å²) in [5.74, 6) is 2.05. The van der Waals surface area contributed by atoms with Gasteiger partial charge in [0.15, 0.2) is 11.5 Å². The van der Waals surface area contributed by atoms with Crippen molar-refractivity contribution in [3.63, 3.8) is 0 Å². The third kappa shape index (κ3) is 3.58. The molecule has 0 amide bonds. The van der Waals surface area contributed by atoms with Crippen molar-refractivity contribution in [2.45, 2.75) is 13.0 Å². The highest BCUT2D eigenvalue weighted by Crippen LogP contribution is 2.31. The van der Waals surface area contributed by atoms with Gasteiger partial charge in [-0.05, 0) is 46.6 Å². The lowest BCUT2D eigenvalue weighted by atomic mass is 10.1. The highest BCUT2D eigenvalue weighted by Gasteiger charge is 2.12. The van der Waals surface area contributed by atoms with Crippen molar-refractivity contribution in [1.82, 2.24) is 4.98 Å². The van der Waals surface area contributed by atoms with E-state index in [-0.39, 0.29) is 6.04 Å². The van der Waals surface area contributed by atoms with Crippen molar-refractivity contribution in [3.8, 4) is 11.5 Å². The Morgan fingerprint density at radius 1 is 1.19 bits per heavy atom.